The van der Waals surface area contributed by atoms with Gasteiger partial charge < -0.3 is 24.9 Å². The fourth-order valence-corrected chi connectivity index (χ4v) is 5.30. The van der Waals surface area contributed by atoms with Crippen molar-refractivity contribution in [1.82, 2.24) is 0 Å². The van der Waals surface area contributed by atoms with E-state index in [1.807, 2.05) is 0 Å². The van der Waals surface area contributed by atoms with Crippen LogP contribution in [0.2, 0.25) is 0 Å². The lowest BCUT2D eigenvalue weighted by Crippen LogP contribution is -1.93. The van der Waals surface area contributed by atoms with E-state index in [2.05, 4.69) is 13.8 Å². The molecular weight excluding hydrogens is 591 g/mol. The van der Waals surface area contributed by atoms with Gasteiger partial charge in [-0.05, 0) is 12.8 Å². The smallest absolute Gasteiger partial charge is 0.466 e. The van der Waals surface area contributed by atoms with E-state index in [9.17, 15) is 9.59 Å². The second-order valence-corrected chi connectivity index (χ2v) is 13.7. The standard InChI is InChI=1S/2C18H36O2.H3O4P/c2*1-2-3-4-5-6-7-8-9-10-11-12-13-14-15-16-17-18(19)20;1-5(2,3)4/h2*2-17H2,1H3,(H,19,20);(H3,1,2,3,4). The van der Waals surface area contributed by atoms with Crippen molar-refractivity contribution < 1.29 is 39.0 Å². The van der Waals surface area contributed by atoms with Crippen LogP contribution in [0.3, 0.4) is 0 Å². The van der Waals surface area contributed by atoms with Gasteiger partial charge in [0.25, 0.3) is 0 Å². The van der Waals surface area contributed by atoms with Crippen LogP contribution in [-0.2, 0) is 14.2 Å². The molecule has 0 unspecified atom stereocenters. The van der Waals surface area contributed by atoms with Crippen LogP contribution < -0.4 is 0 Å². The van der Waals surface area contributed by atoms with Gasteiger partial charge in [-0.3, -0.25) is 9.59 Å². The number of carbonyl (C=O) groups is 2. The Bertz CT molecular complexity index is 586. The maximum atomic E-state index is 10.3. The van der Waals surface area contributed by atoms with Crippen LogP contribution in [0.4, 0.5) is 0 Å². The van der Waals surface area contributed by atoms with Gasteiger partial charge in [-0.2, -0.15) is 0 Å². The van der Waals surface area contributed by atoms with Crippen molar-refractivity contribution >= 4 is 19.8 Å². The molecule has 45 heavy (non-hydrogen) atoms. The first-order valence-corrected chi connectivity index (χ1v) is 20.3. The lowest BCUT2D eigenvalue weighted by atomic mass is 10.0. The Morgan fingerprint density at radius 3 is 0.622 bits per heavy atom. The Hall–Kier alpha value is -0.950. The molecule has 5 N–H and O–H groups in total. The molecule has 9 heteroatoms. The average Bonchev–Trinajstić information content (AvgIpc) is 2.96. The van der Waals surface area contributed by atoms with E-state index in [0.717, 1.165) is 25.7 Å². The summed E-state index contributed by atoms with van der Waals surface area (Å²) < 4.78 is 8.88. The van der Waals surface area contributed by atoms with Crippen molar-refractivity contribution in [2.45, 2.75) is 219 Å². The van der Waals surface area contributed by atoms with E-state index < -0.39 is 19.8 Å². The zero-order valence-corrected chi connectivity index (χ0v) is 30.4. The van der Waals surface area contributed by atoms with Gasteiger partial charge in [-0.15, -0.1) is 0 Å². The molecule has 0 saturated heterocycles. The third kappa shape index (κ3) is 66.4. The highest BCUT2D eigenvalue weighted by molar-refractivity contribution is 7.45. The number of rotatable bonds is 32. The Labute approximate surface area is 277 Å². The number of carboxylic acids is 2. The summed E-state index contributed by atoms with van der Waals surface area (Å²) >= 11 is 0. The summed E-state index contributed by atoms with van der Waals surface area (Å²) in [7, 11) is -4.64. The normalized spacial score (nSPS) is 11.0. The molecule has 0 amide bonds. The van der Waals surface area contributed by atoms with Crippen LogP contribution in [0, 0.1) is 0 Å². The lowest BCUT2D eigenvalue weighted by Gasteiger charge is -2.03. The summed E-state index contributed by atoms with van der Waals surface area (Å²) in [4.78, 5) is 42.2. The van der Waals surface area contributed by atoms with Gasteiger partial charge in [0.15, 0.2) is 0 Å². The van der Waals surface area contributed by atoms with Crippen LogP contribution >= 0.6 is 7.82 Å². The summed E-state index contributed by atoms with van der Waals surface area (Å²) in [6.07, 6.45) is 40.4. The van der Waals surface area contributed by atoms with Gasteiger partial charge in [-0.1, -0.05) is 194 Å². The van der Waals surface area contributed by atoms with Gasteiger partial charge in [0.1, 0.15) is 0 Å². The third-order valence-corrected chi connectivity index (χ3v) is 7.99. The molecule has 0 atom stereocenters. The van der Waals surface area contributed by atoms with Gasteiger partial charge in [0, 0.05) is 12.8 Å². The Morgan fingerprint density at radius 2 is 0.489 bits per heavy atom. The van der Waals surface area contributed by atoms with E-state index >= 15 is 0 Å². The molecule has 0 aromatic carbocycles. The van der Waals surface area contributed by atoms with Gasteiger partial charge >= 0.3 is 19.8 Å². The van der Waals surface area contributed by atoms with E-state index in [1.54, 1.807) is 0 Å². The SMILES string of the molecule is CCCCCCCCCCCCCCCCCC(=O)O.CCCCCCCCCCCCCCCCCC(=O)O.O=P(O)(O)O. The molecule has 0 spiro atoms. The summed E-state index contributed by atoms with van der Waals surface area (Å²) in [6.45, 7) is 4.54. The van der Waals surface area contributed by atoms with E-state index in [0.29, 0.717) is 12.8 Å². The predicted octanol–water partition coefficient (Wildman–Crippen LogP) is 11.7. The fraction of sp³-hybridized carbons (Fsp3) is 0.944. The first-order chi connectivity index (χ1) is 21.5. The maximum absolute atomic E-state index is 10.3. The molecule has 0 aromatic rings. The van der Waals surface area contributed by atoms with Crippen molar-refractivity contribution in [2.24, 2.45) is 0 Å². The highest BCUT2D eigenvalue weighted by atomic mass is 31.2. The molecule has 0 aliphatic heterocycles. The number of hydrogen-bond acceptors (Lipinski definition) is 3. The van der Waals surface area contributed by atoms with Crippen molar-refractivity contribution in [1.29, 1.82) is 0 Å². The van der Waals surface area contributed by atoms with Crippen LogP contribution in [0.25, 0.3) is 0 Å². The first-order valence-electron chi connectivity index (χ1n) is 18.8. The summed E-state index contributed by atoms with van der Waals surface area (Å²) in [5.41, 5.74) is 0. The Balaban J connectivity index is -0.000000680. The highest BCUT2D eigenvalue weighted by Gasteiger charge is 2.00. The number of carboxylic acid groups (broad SMARTS) is 2. The zero-order chi connectivity index (χ0) is 34.3. The second-order valence-electron chi connectivity index (χ2n) is 12.7. The number of phosphoric acid groups is 1. The van der Waals surface area contributed by atoms with Crippen LogP contribution in [0.15, 0.2) is 0 Å². The molecular formula is C36H75O8P. The molecule has 0 fully saturated rings. The van der Waals surface area contributed by atoms with E-state index in [1.165, 1.54) is 167 Å². The number of unbranched alkanes of at least 4 members (excludes halogenated alkanes) is 28. The molecule has 272 valence electrons. The third-order valence-electron chi connectivity index (χ3n) is 7.99. The molecule has 0 heterocycles. The van der Waals surface area contributed by atoms with Crippen molar-refractivity contribution in [3.63, 3.8) is 0 Å². The molecule has 0 rings (SSSR count). The molecule has 8 nitrogen and oxygen atoms in total. The summed E-state index contributed by atoms with van der Waals surface area (Å²) in [6, 6.07) is 0. The number of hydrogen-bond donors (Lipinski definition) is 5. The fourth-order valence-electron chi connectivity index (χ4n) is 5.30. The molecule has 0 saturated carbocycles. The minimum absolute atomic E-state index is 0.345. The summed E-state index contributed by atoms with van der Waals surface area (Å²) in [5, 5.41) is 17.0. The largest absolute Gasteiger partial charge is 0.481 e. The minimum atomic E-state index is -4.64. The van der Waals surface area contributed by atoms with Crippen molar-refractivity contribution in [3.8, 4) is 0 Å². The van der Waals surface area contributed by atoms with Gasteiger partial charge in [-0.25, -0.2) is 4.57 Å². The predicted molar refractivity (Wildman–Crippen MR) is 189 cm³/mol. The molecule has 0 aliphatic rings. The van der Waals surface area contributed by atoms with Gasteiger partial charge in [0.2, 0.25) is 0 Å². The minimum Gasteiger partial charge on any atom is -0.481 e. The molecule has 0 radical (unpaired) electrons. The van der Waals surface area contributed by atoms with E-state index in [4.69, 9.17) is 29.5 Å². The zero-order valence-electron chi connectivity index (χ0n) is 29.5. The summed E-state index contributed by atoms with van der Waals surface area (Å²) in [5.74, 6) is -1.31. The monoisotopic (exact) mass is 667 g/mol. The van der Waals surface area contributed by atoms with Crippen molar-refractivity contribution in [2.75, 3.05) is 0 Å². The molecule has 0 aromatic heterocycles. The Morgan fingerprint density at radius 1 is 0.356 bits per heavy atom. The van der Waals surface area contributed by atoms with Crippen LogP contribution in [0.1, 0.15) is 219 Å². The van der Waals surface area contributed by atoms with Crippen LogP contribution in [-0.4, -0.2) is 36.8 Å². The average molecular weight is 667 g/mol. The van der Waals surface area contributed by atoms with E-state index in [-0.39, 0.29) is 0 Å². The second kappa shape index (κ2) is 41.1. The topological polar surface area (TPSA) is 152 Å². The highest BCUT2D eigenvalue weighted by Crippen LogP contribution is 2.25. The Kier molecular flexibility index (Phi) is 44.2. The number of aliphatic carboxylic acids is 2. The quantitative estimate of drug-likeness (QED) is 0.0351. The first kappa shape index (κ1) is 48.4. The van der Waals surface area contributed by atoms with Gasteiger partial charge in [0.05, 0.1) is 0 Å². The van der Waals surface area contributed by atoms with Crippen molar-refractivity contribution in [3.05, 3.63) is 0 Å². The van der Waals surface area contributed by atoms with Crippen LogP contribution in [0.5, 0.6) is 0 Å². The lowest BCUT2D eigenvalue weighted by molar-refractivity contribution is -0.138. The molecule has 0 bridgehead atoms. The maximum Gasteiger partial charge on any atom is 0.466 e. The molecule has 0 aliphatic carbocycles.